The Morgan fingerprint density at radius 2 is 1.77 bits per heavy atom. The minimum atomic E-state index is -3.84. The number of carbonyl (C=O) groups excluding carboxylic acids is 1. The van der Waals surface area contributed by atoms with Gasteiger partial charge in [0, 0.05) is 16.6 Å². The molecule has 1 heterocycles. The molecule has 1 amide bonds. The molecule has 3 rings (SSSR count). The molecule has 2 aromatic carbocycles. The first-order valence-corrected chi connectivity index (χ1v) is 8.14. The van der Waals surface area contributed by atoms with Gasteiger partial charge >= 0.3 is 0 Å². The molecule has 22 heavy (non-hydrogen) atoms. The van der Waals surface area contributed by atoms with Crippen LogP contribution in [-0.4, -0.2) is 18.3 Å². The number of amides is 1. The molecular weight excluding hydrogens is 324 g/mol. The summed E-state index contributed by atoms with van der Waals surface area (Å²) in [4.78, 5) is 11.7. The maximum Gasteiger partial charge on any atom is 0.268 e. The predicted octanol–water partition coefficient (Wildman–Crippen LogP) is 2.63. The van der Waals surface area contributed by atoms with Crippen molar-refractivity contribution >= 4 is 38.4 Å². The molecule has 112 valence electrons. The second-order valence-corrected chi connectivity index (χ2v) is 6.93. The van der Waals surface area contributed by atoms with Gasteiger partial charge in [0.2, 0.25) is 0 Å². The molecule has 0 spiro atoms. The first kappa shape index (κ1) is 14.6. The molecule has 0 radical (unpaired) electrons. The highest BCUT2D eigenvalue weighted by Gasteiger charge is 2.22. The number of fused-ring (bicyclic) bond motifs is 1. The van der Waals surface area contributed by atoms with Gasteiger partial charge in [0.15, 0.2) is 0 Å². The van der Waals surface area contributed by atoms with Crippen molar-refractivity contribution in [3.63, 3.8) is 0 Å². The molecule has 0 aliphatic heterocycles. The molecule has 0 aliphatic rings. The molecule has 0 unspecified atom stereocenters. The molecule has 5 nitrogen and oxygen atoms in total. The van der Waals surface area contributed by atoms with Crippen LogP contribution in [-0.2, 0) is 10.0 Å². The van der Waals surface area contributed by atoms with Crippen molar-refractivity contribution in [1.82, 2.24) is 3.97 Å². The number of halogens is 1. The Balaban J connectivity index is 2.36. The molecule has 0 saturated heterocycles. The predicted molar refractivity (Wildman–Crippen MR) is 84.5 cm³/mol. The zero-order chi connectivity index (χ0) is 15.9. The van der Waals surface area contributed by atoms with Crippen molar-refractivity contribution < 1.29 is 13.2 Å². The van der Waals surface area contributed by atoms with Crippen molar-refractivity contribution in [3.05, 3.63) is 65.3 Å². The molecule has 0 aliphatic carbocycles. The Morgan fingerprint density at radius 1 is 1.09 bits per heavy atom. The number of nitrogens with zero attached hydrogens (tertiary/aromatic N) is 1. The minimum Gasteiger partial charge on any atom is -0.366 e. The molecule has 0 fully saturated rings. The number of hydrogen-bond donors (Lipinski definition) is 1. The third kappa shape index (κ3) is 2.26. The van der Waals surface area contributed by atoms with E-state index in [1.165, 1.54) is 24.4 Å². The van der Waals surface area contributed by atoms with Gasteiger partial charge in [0.25, 0.3) is 15.9 Å². The first-order chi connectivity index (χ1) is 10.4. The fourth-order valence-corrected chi connectivity index (χ4v) is 3.82. The van der Waals surface area contributed by atoms with Gasteiger partial charge in [-0.25, -0.2) is 12.4 Å². The van der Waals surface area contributed by atoms with Gasteiger partial charge in [0.05, 0.1) is 16.0 Å². The molecule has 3 aromatic rings. The Bertz CT molecular complexity index is 979. The van der Waals surface area contributed by atoms with Gasteiger partial charge in [-0.1, -0.05) is 35.9 Å². The smallest absolute Gasteiger partial charge is 0.268 e. The first-order valence-electron chi connectivity index (χ1n) is 6.32. The lowest BCUT2D eigenvalue weighted by Crippen LogP contribution is -2.13. The van der Waals surface area contributed by atoms with E-state index in [1.807, 2.05) is 0 Å². The fourth-order valence-electron chi connectivity index (χ4n) is 2.27. The molecule has 7 heteroatoms. The van der Waals surface area contributed by atoms with Crippen LogP contribution in [0.3, 0.4) is 0 Å². The van der Waals surface area contributed by atoms with Crippen LogP contribution in [0.4, 0.5) is 0 Å². The van der Waals surface area contributed by atoms with Crippen LogP contribution in [0.1, 0.15) is 10.4 Å². The van der Waals surface area contributed by atoms with E-state index in [0.717, 1.165) is 3.97 Å². The molecule has 0 atom stereocenters. The van der Waals surface area contributed by atoms with Crippen molar-refractivity contribution in [2.45, 2.75) is 4.90 Å². The number of hydrogen-bond acceptors (Lipinski definition) is 3. The Labute approximate surface area is 132 Å². The van der Waals surface area contributed by atoms with Crippen molar-refractivity contribution in [1.29, 1.82) is 0 Å². The van der Waals surface area contributed by atoms with Crippen LogP contribution < -0.4 is 5.73 Å². The van der Waals surface area contributed by atoms with E-state index in [0.29, 0.717) is 15.9 Å². The number of aromatic nitrogens is 1. The number of benzene rings is 2. The standard InChI is InChI=1S/C15H11ClN2O3S/c16-10-6-7-12-13(15(17)19)9-18(14(12)8-10)22(20,21)11-4-2-1-3-5-11/h1-9H,(H2,17,19). The van der Waals surface area contributed by atoms with Crippen molar-refractivity contribution in [2.24, 2.45) is 5.73 Å². The van der Waals surface area contributed by atoms with Crippen LogP contribution >= 0.6 is 11.6 Å². The third-order valence-corrected chi connectivity index (χ3v) is 5.22. The summed E-state index contributed by atoms with van der Waals surface area (Å²) in [7, 11) is -3.84. The monoisotopic (exact) mass is 334 g/mol. The maximum absolute atomic E-state index is 12.8. The zero-order valence-corrected chi connectivity index (χ0v) is 12.8. The summed E-state index contributed by atoms with van der Waals surface area (Å²) in [6.45, 7) is 0. The summed E-state index contributed by atoms with van der Waals surface area (Å²) in [5.41, 5.74) is 5.77. The van der Waals surface area contributed by atoms with E-state index in [4.69, 9.17) is 17.3 Å². The normalized spacial score (nSPS) is 11.7. The van der Waals surface area contributed by atoms with E-state index in [-0.39, 0.29) is 10.5 Å². The lowest BCUT2D eigenvalue weighted by Gasteiger charge is -2.07. The summed E-state index contributed by atoms with van der Waals surface area (Å²) < 4.78 is 26.6. The molecule has 1 aromatic heterocycles. The van der Waals surface area contributed by atoms with Crippen LogP contribution in [0, 0.1) is 0 Å². The quantitative estimate of drug-likeness (QED) is 0.799. The van der Waals surface area contributed by atoms with Crippen LogP contribution in [0.15, 0.2) is 59.6 Å². The number of carbonyl (C=O) groups is 1. The lowest BCUT2D eigenvalue weighted by atomic mass is 10.2. The molecular formula is C15H11ClN2O3S. The highest BCUT2D eigenvalue weighted by Crippen LogP contribution is 2.28. The summed E-state index contributed by atoms with van der Waals surface area (Å²) in [5.74, 6) is -0.700. The number of rotatable bonds is 3. The van der Waals surface area contributed by atoms with Crippen LogP contribution in [0.25, 0.3) is 10.9 Å². The second kappa shape index (κ2) is 5.15. The van der Waals surface area contributed by atoms with Gasteiger partial charge in [-0.3, -0.25) is 4.79 Å². The Hall–Kier alpha value is -2.31. The van der Waals surface area contributed by atoms with E-state index in [2.05, 4.69) is 0 Å². The van der Waals surface area contributed by atoms with Gasteiger partial charge in [-0.15, -0.1) is 0 Å². The average Bonchev–Trinajstić information content (AvgIpc) is 2.87. The topological polar surface area (TPSA) is 82.2 Å². The van der Waals surface area contributed by atoms with E-state index in [9.17, 15) is 13.2 Å². The average molecular weight is 335 g/mol. The Kier molecular flexibility index (Phi) is 3.42. The molecule has 0 bridgehead atoms. The molecule has 2 N–H and O–H groups in total. The maximum atomic E-state index is 12.8. The number of primary amides is 1. The highest BCUT2D eigenvalue weighted by atomic mass is 35.5. The van der Waals surface area contributed by atoms with Gasteiger partial charge < -0.3 is 5.73 Å². The largest absolute Gasteiger partial charge is 0.366 e. The fraction of sp³-hybridized carbons (Fsp3) is 0. The molecule has 0 saturated carbocycles. The van der Waals surface area contributed by atoms with E-state index < -0.39 is 15.9 Å². The number of nitrogens with two attached hydrogens (primary N) is 1. The second-order valence-electron chi connectivity index (χ2n) is 4.68. The van der Waals surface area contributed by atoms with Crippen LogP contribution in [0.2, 0.25) is 5.02 Å². The van der Waals surface area contributed by atoms with Gasteiger partial charge in [-0.2, -0.15) is 0 Å². The van der Waals surface area contributed by atoms with E-state index >= 15 is 0 Å². The third-order valence-electron chi connectivity index (χ3n) is 3.30. The SMILES string of the molecule is NC(=O)c1cn(S(=O)(=O)c2ccccc2)c2cc(Cl)ccc12. The summed E-state index contributed by atoms with van der Waals surface area (Å²) in [6.07, 6.45) is 1.23. The van der Waals surface area contributed by atoms with Crippen molar-refractivity contribution in [3.8, 4) is 0 Å². The van der Waals surface area contributed by atoms with E-state index in [1.54, 1.807) is 30.3 Å². The van der Waals surface area contributed by atoms with Crippen molar-refractivity contribution in [2.75, 3.05) is 0 Å². The lowest BCUT2D eigenvalue weighted by molar-refractivity contribution is 0.100. The highest BCUT2D eigenvalue weighted by molar-refractivity contribution is 7.90. The van der Waals surface area contributed by atoms with Gasteiger partial charge in [-0.05, 0) is 24.3 Å². The summed E-state index contributed by atoms with van der Waals surface area (Å²) in [5, 5.41) is 0.808. The summed E-state index contributed by atoms with van der Waals surface area (Å²) >= 11 is 5.95. The zero-order valence-electron chi connectivity index (χ0n) is 11.2. The summed E-state index contributed by atoms with van der Waals surface area (Å²) in [6, 6.07) is 12.6. The Morgan fingerprint density at radius 3 is 2.41 bits per heavy atom. The minimum absolute atomic E-state index is 0.114. The van der Waals surface area contributed by atoms with Gasteiger partial charge in [0.1, 0.15) is 0 Å². The van der Waals surface area contributed by atoms with Crippen LogP contribution in [0.5, 0.6) is 0 Å².